The number of benzene rings is 1. The van der Waals surface area contributed by atoms with Gasteiger partial charge in [0.25, 0.3) is 5.91 Å². The Bertz CT molecular complexity index is 708. The van der Waals surface area contributed by atoms with Crippen LogP contribution in [0.2, 0.25) is 10.0 Å². The molecule has 1 aromatic rings. The number of ether oxygens (including phenoxy) is 1. The van der Waals surface area contributed by atoms with Crippen molar-refractivity contribution in [1.82, 2.24) is 10.6 Å². The number of amides is 1. The lowest BCUT2D eigenvalue weighted by Gasteiger charge is -2.13. The summed E-state index contributed by atoms with van der Waals surface area (Å²) in [6, 6.07) is 4.69. The van der Waals surface area contributed by atoms with Crippen LogP contribution in [0.4, 0.5) is 0 Å². The smallest absolute Gasteiger partial charge is 0.251 e. The maximum Gasteiger partial charge on any atom is 0.251 e. The first kappa shape index (κ1) is 15.9. The van der Waals surface area contributed by atoms with E-state index < -0.39 is 0 Å². The van der Waals surface area contributed by atoms with Gasteiger partial charge in [-0.15, -0.1) is 0 Å². The molecular formula is C16H14Cl2N2O3. The third kappa shape index (κ3) is 3.86. The quantitative estimate of drug-likeness (QED) is 0.874. The van der Waals surface area contributed by atoms with Gasteiger partial charge in [0.1, 0.15) is 5.76 Å². The molecule has 2 N–H and O–H groups in total. The number of carbonyl (C=O) groups is 2. The average molecular weight is 353 g/mol. The topological polar surface area (TPSA) is 67.4 Å². The fourth-order valence-corrected chi connectivity index (χ4v) is 2.95. The van der Waals surface area contributed by atoms with Gasteiger partial charge in [0.15, 0.2) is 12.0 Å². The van der Waals surface area contributed by atoms with Gasteiger partial charge in [-0.2, -0.15) is 0 Å². The molecule has 1 amide bonds. The molecule has 0 aromatic heterocycles. The van der Waals surface area contributed by atoms with Gasteiger partial charge < -0.3 is 15.4 Å². The lowest BCUT2D eigenvalue weighted by molar-refractivity contribution is -0.114. The lowest BCUT2D eigenvalue weighted by Crippen LogP contribution is -2.31. The van der Waals surface area contributed by atoms with E-state index in [2.05, 4.69) is 10.6 Å². The second kappa shape index (κ2) is 6.64. The second-order valence-corrected chi connectivity index (χ2v) is 6.14. The molecule has 2 aliphatic rings. The van der Waals surface area contributed by atoms with Crippen molar-refractivity contribution in [2.24, 2.45) is 0 Å². The summed E-state index contributed by atoms with van der Waals surface area (Å²) in [5.74, 6) is 0.438. The molecule has 0 saturated carbocycles. The monoisotopic (exact) mass is 352 g/mol. The van der Waals surface area contributed by atoms with Crippen LogP contribution in [-0.4, -0.2) is 24.5 Å². The number of carbonyl (C=O) groups excluding carboxylic acids is 2. The maximum absolute atomic E-state index is 12.1. The lowest BCUT2D eigenvalue weighted by atomic mass is 10.1. The van der Waals surface area contributed by atoms with E-state index in [4.69, 9.17) is 27.9 Å². The van der Waals surface area contributed by atoms with Crippen molar-refractivity contribution in [2.75, 3.05) is 6.54 Å². The number of allylic oxidation sites excluding steroid dienone is 3. The van der Waals surface area contributed by atoms with E-state index in [1.165, 1.54) is 6.08 Å². The van der Waals surface area contributed by atoms with Crippen molar-refractivity contribution in [3.8, 4) is 0 Å². The molecule has 1 aliphatic heterocycles. The van der Waals surface area contributed by atoms with Gasteiger partial charge >= 0.3 is 0 Å². The zero-order chi connectivity index (χ0) is 16.4. The Balaban J connectivity index is 1.48. The van der Waals surface area contributed by atoms with Gasteiger partial charge in [-0.25, -0.2) is 0 Å². The second-order valence-electron chi connectivity index (χ2n) is 5.27. The van der Waals surface area contributed by atoms with E-state index in [9.17, 15) is 9.59 Å². The Morgan fingerprint density at radius 1 is 1.26 bits per heavy atom. The summed E-state index contributed by atoms with van der Waals surface area (Å²) in [5.41, 5.74) is 1.25. The van der Waals surface area contributed by atoms with E-state index in [0.717, 1.165) is 5.70 Å². The summed E-state index contributed by atoms with van der Waals surface area (Å²) >= 11 is 11.8. The summed E-state index contributed by atoms with van der Waals surface area (Å²) in [4.78, 5) is 23.4. The van der Waals surface area contributed by atoms with Crippen LogP contribution < -0.4 is 10.6 Å². The molecule has 1 unspecified atom stereocenters. The van der Waals surface area contributed by atoms with Gasteiger partial charge in [-0.05, 0) is 30.4 Å². The Morgan fingerprint density at radius 3 is 2.74 bits per heavy atom. The molecule has 1 aliphatic carbocycles. The fraction of sp³-hybridized carbons (Fsp3) is 0.250. The van der Waals surface area contributed by atoms with Crippen molar-refractivity contribution in [1.29, 1.82) is 0 Å². The molecule has 7 heteroatoms. The van der Waals surface area contributed by atoms with Crippen LogP contribution in [0, 0.1) is 0 Å². The number of hydrogen-bond donors (Lipinski definition) is 2. The molecule has 3 rings (SSSR count). The van der Waals surface area contributed by atoms with Crippen LogP contribution in [0.3, 0.4) is 0 Å². The van der Waals surface area contributed by atoms with E-state index in [-0.39, 0.29) is 24.3 Å². The number of halogens is 2. The molecule has 1 aromatic carbocycles. The van der Waals surface area contributed by atoms with Crippen molar-refractivity contribution >= 4 is 34.9 Å². The van der Waals surface area contributed by atoms with Crippen LogP contribution in [0.5, 0.6) is 0 Å². The van der Waals surface area contributed by atoms with Gasteiger partial charge in [0, 0.05) is 28.6 Å². The first-order chi connectivity index (χ1) is 11.0. The van der Waals surface area contributed by atoms with Crippen LogP contribution in [-0.2, 0) is 9.53 Å². The summed E-state index contributed by atoms with van der Waals surface area (Å²) in [6.07, 6.45) is 3.84. The van der Waals surface area contributed by atoms with Crippen LogP contribution in [0.25, 0.3) is 0 Å². The molecular weight excluding hydrogens is 339 g/mol. The molecule has 0 saturated heterocycles. The third-order valence-corrected chi connectivity index (χ3v) is 3.93. The minimum absolute atomic E-state index is 0.0253. The summed E-state index contributed by atoms with van der Waals surface area (Å²) in [7, 11) is 0. The number of ketones is 1. The van der Waals surface area contributed by atoms with Crippen molar-refractivity contribution in [3.63, 3.8) is 0 Å². The van der Waals surface area contributed by atoms with Crippen LogP contribution in [0.1, 0.15) is 23.2 Å². The van der Waals surface area contributed by atoms with Crippen LogP contribution >= 0.6 is 23.2 Å². The summed E-state index contributed by atoms with van der Waals surface area (Å²) in [5, 5.41) is 6.79. The number of nitrogens with one attached hydrogen (secondary N) is 2. The Kier molecular flexibility index (Phi) is 4.59. The van der Waals surface area contributed by atoms with Crippen molar-refractivity contribution in [2.45, 2.75) is 19.1 Å². The molecule has 120 valence electrons. The van der Waals surface area contributed by atoms with Gasteiger partial charge in [0.2, 0.25) is 0 Å². The van der Waals surface area contributed by atoms with Gasteiger partial charge in [-0.3, -0.25) is 9.59 Å². The highest BCUT2D eigenvalue weighted by Crippen LogP contribution is 2.24. The van der Waals surface area contributed by atoms with Crippen molar-refractivity contribution < 1.29 is 14.3 Å². The molecule has 0 fully saturated rings. The minimum atomic E-state index is -0.251. The van der Waals surface area contributed by atoms with E-state index >= 15 is 0 Å². The number of hydrogen-bond acceptors (Lipinski definition) is 4. The summed E-state index contributed by atoms with van der Waals surface area (Å²) in [6.45, 7) is 0.416. The van der Waals surface area contributed by atoms with E-state index in [1.54, 1.807) is 24.3 Å². The van der Waals surface area contributed by atoms with Gasteiger partial charge in [0.05, 0.1) is 12.1 Å². The molecule has 23 heavy (non-hydrogen) atoms. The maximum atomic E-state index is 12.1. The average Bonchev–Trinajstić information content (AvgIpc) is 2.87. The molecule has 0 spiro atoms. The van der Waals surface area contributed by atoms with E-state index in [1.807, 2.05) is 0 Å². The Hall–Kier alpha value is -1.98. The SMILES string of the molecule is O=C1C=CC2=C(C1)OC(CCNC(=O)c1cc(Cl)cc(Cl)c1)N2. The summed E-state index contributed by atoms with van der Waals surface area (Å²) < 4.78 is 5.66. The normalized spacial score (nSPS) is 19.2. The molecule has 0 radical (unpaired) electrons. The number of rotatable bonds is 4. The fourth-order valence-electron chi connectivity index (χ4n) is 2.42. The van der Waals surface area contributed by atoms with Crippen molar-refractivity contribution in [3.05, 3.63) is 57.4 Å². The molecule has 1 atom stereocenters. The third-order valence-electron chi connectivity index (χ3n) is 3.49. The van der Waals surface area contributed by atoms with Gasteiger partial charge in [-0.1, -0.05) is 23.2 Å². The Labute approximate surface area is 143 Å². The van der Waals surface area contributed by atoms with E-state index in [0.29, 0.717) is 34.3 Å². The highest BCUT2D eigenvalue weighted by molar-refractivity contribution is 6.35. The molecule has 0 bridgehead atoms. The Morgan fingerprint density at radius 2 is 2.00 bits per heavy atom. The highest BCUT2D eigenvalue weighted by atomic mass is 35.5. The largest absolute Gasteiger partial charge is 0.472 e. The predicted molar refractivity (Wildman–Crippen MR) is 87.2 cm³/mol. The highest BCUT2D eigenvalue weighted by Gasteiger charge is 2.26. The first-order valence-electron chi connectivity index (χ1n) is 7.13. The predicted octanol–water partition coefficient (Wildman–Crippen LogP) is 2.80. The standard InChI is InChI=1S/C16H14Cl2N2O3/c17-10-5-9(6-11(18)7-10)16(22)19-4-3-15-20-13-2-1-12(21)8-14(13)23-15/h1-2,5-7,15,20H,3-4,8H2,(H,19,22). The van der Waals surface area contributed by atoms with Crippen LogP contribution in [0.15, 0.2) is 41.8 Å². The molecule has 1 heterocycles. The zero-order valence-corrected chi connectivity index (χ0v) is 13.6. The zero-order valence-electron chi connectivity index (χ0n) is 12.1. The minimum Gasteiger partial charge on any atom is -0.472 e. The first-order valence-corrected chi connectivity index (χ1v) is 7.88. The molecule has 5 nitrogen and oxygen atoms in total.